The number of hydrogen-bond acceptors (Lipinski definition) is 6. The Bertz CT molecular complexity index is 1130. The number of amides is 1. The van der Waals surface area contributed by atoms with Crippen molar-refractivity contribution < 1.29 is 14.3 Å². The Kier molecular flexibility index (Phi) is 7.00. The molecule has 1 aromatic heterocycles. The van der Waals surface area contributed by atoms with E-state index in [1.807, 2.05) is 43.3 Å². The average molecular weight is 464 g/mol. The summed E-state index contributed by atoms with van der Waals surface area (Å²) in [5, 5.41) is 3.74. The fraction of sp³-hybridized carbons (Fsp3) is 0.346. The maximum atomic E-state index is 12.6. The third-order valence-electron chi connectivity index (χ3n) is 5.35. The minimum atomic E-state index is -0.279. The second-order valence-corrected chi connectivity index (χ2v) is 9.63. The van der Waals surface area contributed by atoms with Crippen LogP contribution in [-0.2, 0) is 22.6 Å². The van der Waals surface area contributed by atoms with Crippen LogP contribution in [0, 0.1) is 6.92 Å². The summed E-state index contributed by atoms with van der Waals surface area (Å²) in [6.45, 7) is 9.19. The Labute approximate surface area is 199 Å². The van der Waals surface area contributed by atoms with Gasteiger partial charge in [0.15, 0.2) is 5.82 Å². The molecule has 6 nitrogen and oxygen atoms in total. The van der Waals surface area contributed by atoms with Gasteiger partial charge in [-0.15, -0.1) is 0 Å². The van der Waals surface area contributed by atoms with Gasteiger partial charge in [-0.3, -0.25) is 4.79 Å². The summed E-state index contributed by atoms with van der Waals surface area (Å²) in [4.78, 5) is 22.3. The van der Waals surface area contributed by atoms with E-state index >= 15 is 0 Å². The predicted octanol–water partition coefficient (Wildman–Crippen LogP) is 5.43. The Morgan fingerprint density at radius 1 is 1.12 bits per heavy atom. The highest BCUT2D eigenvalue weighted by molar-refractivity contribution is 8.00. The second-order valence-electron chi connectivity index (χ2n) is 8.66. The van der Waals surface area contributed by atoms with Gasteiger partial charge in [-0.25, -0.2) is 9.97 Å². The third-order valence-corrected chi connectivity index (χ3v) is 6.37. The Hall–Kier alpha value is -2.90. The first-order valence-corrected chi connectivity index (χ1v) is 12.1. The van der Waals surface area contributed by atoms with Crippen LogP contribution < -0.4 is 10.1 Å². The first kappa shape index (κ1) is 23.3. The van der Waals surface area contributed by atoms with Crippen LogP contribution in [-0.4, -0.2) is 33.8 Å². The molecule has 0 atom stereocenters. The van der Waals surface area contributed by atoms with Crippen molar-refractivity contribution >= 4 is 23.4 Å². The number of anilines is 1. The van der Waals surface area contributed by atoms with Gasteiger partial charge in [0.25, 0.3) is 0 Å². The normalized spacial score (nSPS) is 14.4. The van der Waals surface area contributed by atoms with Crippen LogP contribution in [0.4, 0.5) is 5.69 Å². The van der Waals surface area contributed by atoms with Gasteiger partial charge >= 0.3 is 0 Å². The molecule has 0 saturated carbocycles. The van der Waals surface area contributed by atoms with E-state index in [0.29, 0.717) is 25.5 Å². The van der Waals surface area contributed by atoms with Gasteiger partial charge in [0.1, 0.15) is 10.8 Å². The highest BCUT2D eigenvalue weighted by Gasteiger charge is 2.30. The first-order chi connectivity index (χ1) is 15.8. The predicted molar refractivity (Wildman–Crippen MR) is 132 cm³/mol. The van der Waals surface area contributed by atoms with Gasteiger partial charge < -0.3 is 14.8 Å². The SMILES string of the molecule is CCOc1ccc(NC(=O)CSc2nc(-c3ccc(C)cc3)nc3c2COC(C)(C)C3)cc1. The van der Waals surface area contributed by atoms with Gasteiger partial charge in [0, 0.05) is 23.2 Å². The highest BCUT2D eigenvalue weighted by Crippen LogP contribution is 2.34. The van der Waals surface area contributed by atoms with E-state index in [1.165, 1.54) is 17.3 Å². The molecule has 1 aliphatic heterocycles. The zero-order valence-corrected chi connectivity index (χ0v) is 20.3. The van der Waals surface area contributed by atoms with Crippen LogP contribution in [0.2, 0.25) is 0 Å². The summed E-state index contributed by atoms with van der Waals surface area (Å²) < 4.78 is 11.5. The molecule has 0 aliphatic carbocycles. The van der Waals surface area contributed by atoms with Crippen molar-refractivity contribution in [2.45, 2.75) is 51.3 Å². The van der Waals surface area contributed by atoms with Crippen molar-refractivity contribution in [1.82, 2.24) is 9.97 Å². The quantitative estimate of drug-likeness (QED) is 0.372. The molecule has 33 heavy (non-hydrogen) atoms. The van der Waals surface area contributed by atoms with E-state index in [9.17, 15) is 4.79 Å². The maximum absolute atomic E-state index is 12.6. The van der Waals surface area contributed by atoms with E-state index in [1.54, 1.807) is 0 Å². The minimum absolute atomic E-state index is 0.0922. The number of benzene rings is 2. The molecule has 2 aromatic carbocycles. The van der Waals surface area contributed by atoms with Crippen molar-refractivity contribution in [3.05, 3.63) is 65.4 Å². The van der Waals surface area contributed by atoms with Crippen LogP contribution in [0.1, 0.15) is 37.6 Å². The number of aromatic nitrogens is 2. The molecule has 0 saturated heterocycles. The van der Waals surface area contributed by atoms with E-state index < -0.39 is 0 Å². The smallest absolute Gasteiger partial charge is 0.234 e. The molecule has 0 fully saturated rings. The maximum Gasteiger partial charge on any atom is 0.234 e. The molecule has 1 aliphatic rings. The van der Waals surface area contributed by atoms with Gasteiger partial charge in [-0.2, -0.15) is 0 Å². The van der Waals surface area contributed by atoms with E-state index in [-0.39, 0.29) is 17.3 Å². The number of carbonyl (C=O) groups excluding carboxylic acids is 1. The molecule has 1 amide bonds. The lowest BCUT2D eigenvalue weighted by atomic mass is 9.96. The fourth-order valence-corrected chi connectivity index (χ4v) is 4.45. The lowest BCUT2D eigenvalue weighted by molar-refractivity contribution is -0.113. The number of fused-ring (bicyclic) bond motifs is 1. The number of hydrogen-bond donors (Lipinski definition) is 1. The van der Waals surface area contributed by atoms with E-state index in [0.717, 1.165) is 33.3 Å². The largest absolute Gasteiger partial charge is 0.494 e. The van der Waals surface area contributed by atoms with E-state index in [2.05, 4.69) is 38.2 Å². The number of nitrogens with zero attached hydrogens (tertiary/aromatic N) is 2. The molecular formula is C26H29N3O3S. The Balaban J connectivity index is 1.52. The summed E-state index contributed by atoms with van der Waals surface area (Å²) in [6.07, 6.45) is 0.704. The molecule has 0 spiro atoms. The number of carbonyl (C=O) groups is 1. The standard InChI is InChI=1S/C26H29N3O3S/c1-5-31-20-12-10-19(11-13-20)27-23(30)16-33-25-21-15-32-26(3,4)14-22(21)28-24(29-25)18-8-6-17(2)7-9-18/h6-13H,5,14-16H2,1-4H3,(H,27,30). The molecule has 0 bridgehead atoms. The summed E-state index contributed by atoms with van der Waals surface area (Å²) in [6, 6.07) is 15.6. The van der Waals surface area contributed by atoms with Crippen molar-refractivity contribution in [3.63, 3.8) is 0 Å². The van der Waals surface area contributed by atoms with E-state index in [4.69, 9.17) is 19.4 Å². The van der Waals surface area contributed by atoms with Gasteiger partial charge in [0.2, 0.25) is 5.91 Å². The summed E-state index contributed by atoms with van der Waals surface area (Å²) in [7, 11) is 0. The van der Waals surface area contributed by atoms with Crippen LogP contribution >= 0.6 is 11.8 Å². The zero-order chi connectivity index (χ0) is 23.4. The van der Waals surface area contributed by atoms with Gasteiger partial charge in [0.05, 0.1) is 30.3 Å². The van der Waals surface area contributed by atoms with Crippen LogP contribution in [0.3, 0.4) is 0 Å². The van der Waals surface area contributed by atoms with Crippen LogP contribution in [0.5, 0.6) is 5.75 Å². The average Bonchev–Trinajstić information content (AvgIpc) is 2.78. The first-order valence-electron chi connectivity index (χ1n) is 11.1. The van der Waals surface area contributed by atoms with Crippen LogP contribution in [0.25, 0.3) is 11.4 Å². The number of nitrogens with one attached hydrogen (secondary N) is 1. The molecular weight excluding hydrogens is 434 g/mol. The molecule has 4 rings (SSSR count). The second kappa shape index (κ2) is 9.93. The molecule has 0 radical (unpaired) electrons. The Morgan fingerprint density at radius 3 is 2.55 bits per heavy atom. The molecule has 1 N–H and O–H groups in total. The number of aryl methyl sites for hydroxylation is 1. The Morgan fingerprint density at radius 2 is 1.85 bits per heavy atom. The van der Waals surface area contributed by atoms with Crippen molar-refractivity contribution in [3.8, 4) is 17.1 Å². The monoisotopic (exact) mass is 463 g/mol. The fourth-order valence-electron chi connectivity index (χ4n) is 3.60. The van der Waals surface area contributed by atoms with Crippen LogP contribution in [0.15, 0.2) is 53.6 Å². The number of ether oxygens (including phenoxy) is 2. The highest BCUT2D eigenvalue weighted by atomic mass is 32.2. The minimum Gasteiger partial charge on any atom is -0.494 e. The molecule has 0 unspecified atom stereocenters. The van der Waals surface area contributed by atoms with Crippen molar-refractivity contribution in [2.24, 2.45) is 0 Å². The summed E-state index contributed by atoms with van der Waals surface area (Å²) in [5.41, 5.74) is 4.58. The zero-order valence-electron chi connectivity index (χ0n) is 19.5. The number of thioether (sulfide) groups is 1. The lowest BCUT2D eigenvalue weighted by Gasteiger charge is -2.32. The molecule has 3 aromatic rings. The molecule has 7 heteroatoms. The summed E-state index contributed by atoms with van der Waals surface area (Å²) in [5.74, 6) is 1.61. The van der Waals surface area contributed by atoms with Crippen molar-refractivity contribution in [2.75, 3.05) is 17.7 Å². The third kappa shape index (κ3) is 5.92. The molecule has 172 valence electrons. The summed E-state index contributed by atoms with van der Waals surface area (Å²) >= 11 is 1.42. The number of rotatable bonds is 7. The lowest BCUT2D eigenvalue weighted by Crippen LogP contribution is -2.33. The van der Waals surface area contributed by atoms with Crippen molar-refractivity contribution in [1.29, 1.82) is 0 Å². The van der Waals surface area contributed by atoms with Gasteiger partial charge in [-0.1, -0.05) is 41.6 Å². The topological polar surface area (TPSA) is 73.3 Å². The van der Waals surface area contributed by atoms with Gasteiger partial charge in [-0.05, 0) is 52.0 Å². The molecule has 2 heterocycles.